The first-order valence-corrected chi connectivity index (χ1v) is 6.04. The van der Waals surface area contributed by atoms with Crippen LogP contribution in [0.4, 0.5) is 8.78 Å². The lowest BCUT2D eigenvalue weighted by atomic mass is 10.0. The molecule has 0 amide bonds. The standard InChI is InChI=1S/C14H9BrF2O/c1-8-6-9(2-5-13(8)17)14(18)11-7-10(16)3-4-12(11)15/h2-7H,1H3. The fraction of sp³-hybridized carbons (Fsp3) is 0.0714. The Morgan fingerprint density at radius 1 is 1.11 bits per heavy atom. The molecule has 0 saturated carbocycles. The summed E-state index contributed by atoms with van der Waals surface area (Å²) in [5.41, 5.74) is 0.939. The lowest BCUT2D eigenvalue weighted by molar-refractivity contribution is 0.103. The molecule has 0 aromatic heterocycles. The fourth-order valence-corrected chi connectivity index (χ4v) is 2.04. The summed E-state index contributed by atoms with van der Waals surface area (Å²) in [6.45, 7) is 1.58. The van der Waals surface area contributed by atoms with E-state index in [0.717, 1.165) is 6.07 Å². The van der Waals surface area contributed by atoms with Crippen LogP contribution in [-0.4, -0.2) is 5.78 Å². The minimum Gasteiger partial charge on any atom is -0.289 e. The molecule has 0 atom stereocenters. The number of rotatable bonds is 2. The first-order chi connectivity index (χ1) is 8.49. The monoisotopic (exact) mass is 310 g/mol. The van der Waals surface area contributed by atoms with Gasteiger partial charge < -0.3 is 0 Å². The van der Waals surface area contributed by atoms with E-state index in [4.69, 9.17) is 0 Å². The van der Waals surface area contributed by atoms with Gasteiger partial charge >= 0.3 is 0 Å². The van der Waals surface area contributed by atoms with Crippen LogP contribution >= 0.6 is 15.9 Å². The van der Waals surface area contributed by atoms with Crippen molar-refractivity contribution in [3.63, 3.8) is 0 Å². The van der Waals surface area contributed by atoms with E-state index in [0.29, 0.717) is 15.6 Å². The van der Waals surface area contributed by atoms with Crippen molar-refractivity contribution in [3.05, 3.63) is 69.2 Å². The van der Waals surface area contributed by atoms with E-state index < -0.39 is 5.82 Å². The van der Waals surface area contributed by atoms with Crippen LogP contribution in [0.3, 0.4) is 0 Å². The molecule has 92 valence electrons. The number of carbonyl (C=O) groups excluding carboxylic acids is 1. The molecule has 0 aliphatic heterocycles. The summed E-state index contributed by atoms with van der Waals surface area (Å²) in [5, 5.41) is 0. The van der Waals surface area contributed by atoms with Gasteiger partial charge in [-0.15, -0.1) is 0 Å². The van der Waals surface area contributed by atoms with Gasteiger partial charge in [-0.3, -0.25) is 4.79 Å². The summed E-state index contributed by atoms with van der Waals surface area (Å²) in [6.07, 6.45) is 0. The van der Waals surface area contributed by atoms with Gasteiger partial charge in [-0.2, -0.15) is 0 Å². The zero-order valence-corrected chi connectivity index (χ0v) is 11.1. The molecule has 0 fully saturated rings. The molecule has 2 rings (SSSR count). The van der Waals surface area contributed by atoms with Gasteiger partial charge in [-0.05, 0) is 48.9 Å². The Kier molecular flexibility index (Phi) is 3.57. The molecule has 0 aliphatic carbocycles. The third-order valence-electron chi connectivity index (χ3n) is 2.59. The summed E-state index contributed by atoms with van der Waals surface area (Å²) in [7, 11) is 0. The minimum absolute atomic E-state index is 0.223. The normalized spacial score (nSPS) is 10.4. The summed E-state index contributed by atoms with van der Waals surface area (Å²) >= 11 is 3.20. The van der Waals surface area contributed by atoms with Crippen molar-refractivity contribution >= 4 is 21.7 Å². The van der Waals surface area contributed by atoms with E-state index in [1.54, 1.807) is 6.92 Å². The number of ketones is 1. The second-order valence-electron chi connectivity index (χ2n) is 3.92. The Morgan fingerprint density at radius 3 is 2.50 bits per heavy atom. The van der Waals surface area contributed by atoms with E-state index in [2.05, 4.69) is 15.9 Å². The highest BCUT2D eigenvalue weighted by Crippen LogP contribution is 2.22. The van der Waals surface area contributed by atoms with Crippen LogP contribution in [0.15, 0.2) is 40.9 Å². The highest BCUT2D eigenvalue weighted by molar-refractivity contribution is 9.10. The summed E-state index contributed by atoms with van der Waals surface area (Å²) in [6, 6.07) is 7.97. The van der Waals surface area contributed by atoms with E-state index in [-0.39, 0.29) is 17.2 Å². The molecule has 0 bridgehead atoms. The Labute approximate surface area is 112 Å². The Hall–Kier alpha value is -1.55. The number of hydrogen-bond donors (Lipinski definition) is 0. The zero-order valence-electron chi connectivity index (χ0n) is 9.51. The van der Waals surface area contributed by atoms with Gasteiger partial charge in [0.2, 0.25) is 0 Å². The molecule has 1 nitrogen and oxygen atoms in total. The molecule has 18 heavy (non-hydrogen) atoms. The average Bonchev–Trinajstić information content (AvgIpc) is 2.35. The number of aryl methyl sites for hydroxylation is 1. The van der Waals surface area contributed by atoms with Crippen molar-refractivity contribution in [2.24, 2.45) is 0 Å². The van der Waals surface area contributed by atoms with E-state index >= 15 is 0 Å². The van der Waals surface area contributed by atoms with Gasteiger partial charge in [0.1, 0.15) is 11.6 Å². The number of benzene rings is 2. The third kappa shape index (κ3) is 2.48. The van der Waals surface area contributed by atoms with Gasteiger partial charge in [0.15, 0.2) is 5.78 Å². The maximum atomic E-state index is 13.1. The van der Waals surface area contributed by atoms with Crippen LogP contribution < -0.4 is 0 Å². The Balaban J connectivity index is 2.47. The van der Waals surface area contributed by atoms with Gasteiger partial charge in [0.05, 0.1) is 0 Å². The molecule has 2 aromatic rings. The molecular formula is C14H9BrF2O. The van der Waals surface area contributed by atoms with Gasteiger partial charge in [0.25, 0.3) is 0 Å². The van der Waals surface area contributed by atoms with Crippen molar-refractivity contribution in [1.29, 1.82) is 0 Å². The second kappa shape index (κ2) is 4.98. The number of halogens is 3. The molecule has 0 radical (unpaired) electrons. The second-order valence-corrected chi connectivity index (χ2v) is 4.77. The maximum absolute atomic E-state index is 13.1. The van der Waals surface area contributed by atoms with Crippen LogP contribution in [0.25, 0.3) is 0 Å². The van der Waals surface area contributed by atoms with Crippen molar-refractivity contribution in [3.8, 4) is 0 Å². The van der Waals surface area contributed by atoms with E-state index in [9.17, 15) is 13.6 Å². The Bertz CT molecular complexity index is 623. The molecule has 0 unspecified atom stereocenters. The molecule has 0 spiro atoms. The summed E-state index contributed by atoms with van der Waals surface area (Å²) < 4.78 is 26.8. The molecule has 0 saturated heterocycles. The first-order valence-electron chi connectivity index (χ1n) is 5.25. The van der Waals surface area contributed by atoms with Gasteiger partial charge in [-0.25, -0.2) is 8.78 Å². The van der Waals surface area contributed by atoms with Crippen LogP contribution in [0.2, 0.25) is 0 Å². The van der Waals surface area contributed by atoms with Crippen molar-refractivity contribution < 1.29 is 13.6 Å². The third-order valence-corrected chi connectivity index (χ3v) is 3.28. The van der Waals surface area contributed by atoms with Crippen LogP contribution in [0, 0.1) is 18.6 Å². The lowest BCUT2D eigenvalue weighted by Gasteiger charge is -2.05. The summed E-state index contributed by atoms with van der Waals surface area (Å²) in [4.78, 5) is 12.2. The van der Waals surface area contributed by atoms with Crippen molar-refractivity contribution in [2.45, 2.75) is 6.92 Å². The highest BCUT2D eigenvalue weighted by Gasteiger charge is 2.14. The first kappa shape index (κ1) is 12.9. The molecule has 2 aromatic carbocycles. The SMILES string of the molecule is Cc1cc(C(=O)c2cc(F)ccc2Br)ccc1F. The smallest absolute Gasteiger partial charge is 0.194 e. The van der Waals surface area contributed by atoms with Crippen LogP contribution in [0.1, 0.15) is 21.5 Å². The molecule has 0 aliphatic rings. The van der Waals surface area contributed by atoms with Crippen LogP contribution in [-0.2, 0) is 0 Å². The van der Waals surface area contributed by atoms with Crippen molar-refractivity contribution in [2.75, 3.05) is 0 Å². The molecule has 0 heterocycles. The predicted molar refractivity (Wildman–Crippen MR) is 68.7 cm³/mol. The largest absolute Gasteiger partial charge is 0.289 e. The van der Waals surface area contributed by atoms with Gasteiger partial charge in [-0.1, -0.05) is 15.9 Å². The molecule has 4 heteroatoms. The number of carbonyl (C=O) groups is 1. The predicted octanol–water partition coefficient (Wildman–Crippen LogP) is 4.27. The average molecular weight is 311 g/mol. The van der Waals surface area contributed by atoms with Crippen LogP contribution in [0.5, 0.6) is 0 Å². The van der Waals surface area contributed by atoms with E-state index in [1.165, 1.54) is 30.3 Å². The highest BCUT2D eigenvalue weighted by atomic mass is 79.9. The minimum atomic E-state index is -0.486. The van der Waals surface area contributed by atoms with Crippen molar-refractivity contribution in [1.82, 2.24) is 0 Å². The molecular weight excluding hydrogens is 302 g/mol. The fourth-order valence-electron chi connectivity index (χ4n) is 1.61. The molecule has 0 N–H and O–H groups in total. The maximum Gasteiger partial charge on any atom is 0.194 e. The lowest BCUT2D eigenvalue weighted by Crippen LogP contribution is -2.04. The van der Waals surface area contributed by atoms with E-state index in [1.807, 2.05) is 0 Å². The summed E-state index contributed by atoms with van der Waals surface area (Å²) in [5.74, 6) is -1.20. The topological polar surface area (TPSA) is 17.1 Å². The van der Waals surface area contributed by atoms with Gasteiger partial charge in [0, 0.05) is 15.6 Å². The zero-order chi connectivity index (χ0) is 13.3. The number of hydrogen-bond acceptors (Lipinski definition) is 1. The Morgan fingerprint density at radius 2 is 1.83 bits per heavy atom. The quantitative estimate of drug-likeness (QED) is 0.757.